The molecule has 1 fully saturated rings. The zero-order chi connectivity index (χ0) is 17.4. The number of aliphatic carboxylic acids is 1. The predicted octanol–water partition coefficient (Wildman–Crippen LogP) is 2.53. The molecule has 0 aromatic heterocycles. The Kier molecular flexibility index (Phi) is 8.37. The first kappa shape index (κ1) is 19.7. The van der Waals surface area contributed by atoms with Gasteiger partial charge in [-0.05, 0) is 39.7 Å². The molecule has 2 N–H and O–H groups in total. The summed E-state index contributed by atoms with van der Waals surface area (Å²) in [4.78, 5) is 27.1. The molecule has 0 aliphatic heterocycles. The Hall–Kier alpha value is -1.30. The van der Waals surface area contributed by atoms with Gasteiger partial charge in [0.2, 0.25) is 0 Å². The number of nitrogens with one attached hydrogen (secondary N) is 1. The maximum absolute atomic E-state index is 12.4. The van der Waals surface area contributed by atoms with Crippen molar-refractivity contribution in [3.05, 3.63) is 0 Å². The van der Waals surface area contributed by atoms with E-state index in [9.17, 15) is 9.59 Å². The summed E-state index contributed by atoms with van der Waals surface area (Å²) in [6.45, 7) is 9.83. The number of carboxylic acids is 1. The fourth-order valence-electron chi connectivity index (χ4n) is 3.06. The minimum atomic E-state index is -0.791. The number of hydrogen-bond acceptors (Lipinski definition) is 3. The largest absolute Gasteiger partial charge is 0.480 e. The minimum Gasteiger partial charge on any atom is -0.480 e. The van der Waals surface area contributed by atoms with Crippen LogP contribution in [-0.2, 0) is 4.79 Å². The van der Waals surface area contributed by atoms with Crippen molar-refractivity contribution in [3.63, 3.8) is 0 Å². The number of carbonyl (C=O) groups excluding carboxylic acids is 1. The van der Waals surface area contributed by atoms with Gasteiger partial charge in [-0.15, -0.1) is 0 Å². The summed E-state index contributed by atoms with van der Waals surface area (Å²) in [5, 5.41) is 12.0. The minimum absolute atomic E-state index is 0.0147. The van der Waals surface area contributed by atoms with E-state index in [2.05, 4.69) is 12.2 Å². The van der Waals surface area contributed by atoms with Gasteiger partial charge in [0.25, 0.3) is 0 Å². The number of nitrogens with zero attached hydrogens (tertiary/aromatic N) is 2. The molecule has 1 aliphatic carbocycles. The molecular weight excluding hydrogens is 294 g/mol. The summed E-state index contributed by atoms with van der Waals surface area (Å²) in [6, 6.07) is 0.652. The molecule has 2 amide bonds. The average Bonchev–Trinajstić information content (AvgIpc) is 2.44. The van der Waals surface area contributed by atoms with Gasteiger partial charge in [0, 0.05) is 24.7 Å². The van der Waals surface area contributed by atoms with Crippen LogP contribution in [0.25, 0.3) is 0 Å². The second-order valence-electron chi connectivity index (χ2n) is 6.72. The van der Waals surface area contributed by atoms with Crippen LogP contribution in [0.2, 0.25) is 0 Å². The first-order valence-electron chi connectivity index (χ1n) is 8.91. The lowest BCUT2D eigenvalue weighted by Gasteiger charge is -2.43. The van der Waals surface area contributed by atoms with Crippen molar-refractivity contribution >= 4 is 12.0 Å². The smallest absolute Gasteiger partial charge is 0.317 e. The number of carboxylic acid groups (broad SMARTS) is 1. The average molecular weight is 327 g/mol. The normalized spacial score (nSPS) is 20.4. The lowest BCUT2D eigenvalue weighted by atomic mass is 9.85. The van der Waals surface area contributed by atoms with Crippen LogP contribution in [0.4, 0.5) is 4.79 Å². The van der Waals surface area contributed by atoms with Crippen LogP contribution in [0, 0.1) is 0 Å². The lowest BCUT2D eigenvalue weighted by Crippen LogP contribution is -2.57. The molecule has 6 nitrogen and oxygen atoms in total. The van der Waals surface area contributed by atoms with Gasteiger partial charge in [-0.25, -0.2) is 4.79 Å². The van der Waals surface area contributed by atoms with Crippen LogP contribution in [-0.4, -0.2) is 64.7 Å². The third kappa shape index (κ3) is 6.37. The number of likely N-dealkylation sites (N-methyl/N-ethyl adjacent to an activating group) is 1. The van der Waals surface area contributed by atoms with E-state index >= 15 is 0 Å². The van der Waals surface area contributed by atoms with Crippen LogP contribution in [0.15, 0.2) is 0 Å². The van der Waals surface area contributed by atoms with E-state index < -0.39 is 5.97 Å². The van der Waals surface area contributed by atoms with E-state index in [4.69, 9.17) is 5.11 Å². The maximum atomic E-state index is 12.4. The van der Waals surface area contributed by atoms with Crippen LogP contribution in [0.5, 0.6) is 0 Å². The lowest BCUT2D eigenvalue weighted by molar-refractivity contribution is -0.139. The number of rotatable bonds is 10. The summed E-state index contributed by atoms with van der Waals surface area (Å²) < 4.78 is 0. The summed E-state index contributed by atoms with van der Waals surface area (Å²) >= 11 is 0. The second-order valence-corrected chi connectivity index (χ2v) is 6.72. The highest BCUT2D eigenvalue weighted by Crippen LogP contribution is 2.25. The second kappa shape index (κ2) is 9.75. The highest BCUT2D eigenvalue weighted by molar-refractivity contribution is 5.75. The summed E-state index contributed by atoms with van der Waals surface area (Å²) in [5.41, 5.74) is 0. The van der Waals surface area contributed by atoms with E-state index in [-0.39, 0.29) is 30.7 Å². The monoisotopic (exact) mass is 327 g/mol. The van der Waals surface area contributed by atoms with Gasteiger partial charge < -0.3 is 15.3 Å². The fraction of sp³-hybridized carbons (Fsp3) is 0.882. The van der Waals surface area contributed by atoms with Crippen molar-refractivity contribution in [3.8, 4) is 0 Å². The molecule has 0 bridgehead atoms. The quantitative estimate of drug-likeness (QED) is 0.605. The van der Waals surface area contributed by atoms with Crippen LogP contribution in [0.3, 0.4) is 0 Å². The molecule has 0 unspecified atom stereocenters. The first-order valence-corrected chi connectivity index (χ1v) is 8.91. The maximum Gasteiger partial charge on any atom is 0.317 e. The zero-order valence-electron chi connectivity index (χ0n) is 15.0. The Labute approximate surface area is 140 Å². The number of carbonyl (C=O) groups is 2. The fourth-order valence-corrected chi connectivity index (χ4v) is 3.06. The van der Waals surface area contributed by atoms with Crippen molar-refractivity contribution in [1.29, 1.82) is 0 Å². The first-order chi connectivity index (χ1) is 10.9. The van der Waals surface area contributed by atoms with Crippen molar-refractivity contribution in [2.24, 2.45) is 0 Å². The zero-order valence-corrected chi connectivity index (χ0v) is 15.0. The van der Waals surface area contributed by atoms with Gasteiger partial charge in [0.15, 0.2) is 0 Å². The van der Waals surface area contributed by atoms with Gasteiger partial charge in [0.05, 0.1) is 6.54 Å². The highest BCUT2D eigenvalue weighted by atomic mass is 16.4. The van der Waals surface area contributed by atoms with E-state index in [0.29, 0.717) is 0 Å². The Morgan fingerprint density at radius 2 is 1.87 bits per heavy atom. The van der Waals surface area contributed by atoms with Crippen LogP contribution >= 0.6 is 0 Å². The third-order valence-corrected chi connectivity index (χ3v) is 4.59. The van der Waals surface area contributed by atoms with Gasteiger partial charge in [-0.3, -0.25) is 9.69 Å². The molecule has 1 saturated carbocycles. The van der Waals surface area contributed by atoms with Crippen LogP contribution in [0.1, 0.15) is 59.8 Å². The van der Waals surface area contributed by atoms with Gasteiger partial charge in [0.1, 0.15) is 0 Å². The Morgan fingerprint density at radius 3 is 2.35 bits per heavy atom. The van der Waals surface area contributed by atoms with Crippen molar-refractivity contribution in [1.82, 2.24) is 15.1 Å². The molecule has 0 spiro atoms. The van der Waals surface area contributed by atoms with E-state index in [0.717, 1.165) is 45.2 Å². The van der Waals surface area contributed by atoms with E-state index in [1.54, 1.807) is 0 Å². The third-order valence-electron chi connectivity index (χ3n) is 4.59. The number of unbranched alkanes of at least 4 members (excludes halogenated alkanes) is 2. The van der Waals surface area contributed by atoms with Gasteiger partial charge >= 0.3 is 12.0 Å². The molecular formula is C17H33N3O3. The van der Waals surface area contributed by atoms with E-state index in [1.807, 2.05) is 30.6 Å². The standard InChI is InChI=1S/C17H33N3O3/c1-5-7-8-9-20(13(3)4)17(23)18-14-10-15(11-14)19(6-2)12-16(21)22/h13-15H,5-12H2,1-4H3,(H,18,23)(H,21,22). The number of amides is 2. The van der Waals surface area contributed by atoms with Crippen LogP contribution < -0.4 is 5.32 Å². The molecule has 0 aromatic carbocycles. The molecule has 23 heavy (non-hydrogen) atoms. The SMILES string of the molecule is CCCCCN(C(=O)NC1CC(N(CC)CC(=O)O)C1)C(C)C. The van der Waals surface area contributed by atoms with E-state index in [1.165, 1.54) is 0 Å². The Morgan fingerprint density at radius 1 is 1.22 bits per heavy atom. The number of urea groups is 1. The summed E-state index contributed by atoms with van der Waals surface area (Å²) in [7, 11) is 0. The Balaban J connectivity index is 2.39. The topological polar surface area (TPSA) is 72.9 Å². The molecule has 0 radical (unpaired) electrons. The highest BCUT2D eigenvalue weighted by Gasteiger charge is 2.35. The molecule has 0 atom stereocenters. The Bertz CT molecular complexity index is 381. The number of hydrogen-bond donors (Lipinski definition) is 2. The molecule has 1 aliphatic rings. The van der Waals surface area contributed by atoms with Gasteiger partial charge in [-0.1, -0.05) is 26.7 Å². The molecule has 134 valence electrons. The molecule has 1 rings (SSSR count). The molecule has 0 heterocycles. The summed E-state index contributed by atoms with van der Waals surface area (Å²) in [6.07, 6.45) is 5.01. The molecule has 0 saturated heterocycles. The predicted molar refractivity (Wildman–Crippen MR) is 91.6 cm³/mol. The molecule has 6 heteroatoms. The van der Waals surface area contributed by atoms with Gasteiger partial charge in [-0.2, -0.15) is 0 Å². The van der Waals surface area contributed by atoms with Crippen molar-refractivity contribution in [2.45, 2.75) is 77.9 Å². The molecule has 0 aromatic rings. The van der Waals surface area contributed by atoms with Crippen molar-refractivity contribution < 1.29 is 14.7 Å². The summed E-state index contributed by atoms with van der Waals surface area (Å²) in [5.74, 6) is -0.791. The van der Waals surface area contributed by atoms with Crippen molar-refractivity contribution in [2.75, 3.05) is 19.6 Å².